The van der Waals surface area contributed by atoms with E-state index in [1.807, 2.05) is 18.5 Å². The fourth-order valence-corrected chi connectivity index (χ4v) is 3.19. The van der Waals surface area contributed by atoms with Crippen LogP contribution in [0.1, 0.15) is 69.9 Å². The zero-order valence-corrected chi connectivity index (χ0v) is 18.4. The molecule has 7 heteroatoms. The van der Waals surface area contributed by atoms with Crippen LogP contribution in [0.3, 0.4) is 0 Å². The van der Waals surface area contributed by atoms with Crippen LogP contribution in [0.25, 0.3) is 0 Å². The summed E-state index contributed by atoms with van der Waals surface area (Å²) in [5.41, 5.74) is 0. The molecule has 0 amide bonds. The first-order chi connectivity index (χ1) is 11.7. The number of hydrogen-bond acceptors (Lipinski definition) is 3. The molecule has 0 aromatic carbocycles. The largest absolute Gasteiger partial charge is 0.356 e. The van der Waals surface area contributed by atoms with Gasteiger partial charge in [-0.2, -0.15) is 0 Å². The van der Waals surface area contributed by atoms with Crippen molar-refractivity contribution in [3.63, 3.8) is 0 Å². The first-order valence-electron chi connectivity index (χ1n) is 9.57. The van der Waals surface area contributed by atoms with Gasteiger partial charge in [-0.05, 0) is 32.1 Å². The Morgan fingerprint density at radius 3 is 2.44 bits per heavy atom. The number of rotatable bonds is 9. The molecule has 6 nitrogen and oxygen atoms in total. The van der Waals surface area contributed by atoms with Gasteiger partial charge in [-0.25, -0.2) is 4.99 Å². The van der Waals surface area contributed by atoms with E-state index in [0.29, 0.717) is 6.54 Å². The first-order valence-corrected chi connectivity index (χ1v) is 9.57. The van der Waals surface area contributed by atoms with Gasteiger partial charge < -0.3 is 15.2 Å². The molecule has 0 spiro atoms. The Morgan fingerprint density at radius 1 is 1.16 bits per heavy atom. The zero-order chi connectivity index (χ0) is 17.2. The Morgan fingerprint density at radius 2 is 1.84 bits per heavy atom. The van der Waals surface area contributed by atoms with Gasteiger partial charge in [-0.3, -0.25) is 0 Å². The Balaban J connectivity index is 0.00000312. The van der Waals surface area contributed by atoms with Crippen molar-refractivity contribution in [3.8, 4) is 0 Å². The molecule has 0 aliphatic heterocycles. The summed E-state index contributed by atoms with van der Waals surface area (Å²) in [5.74, 6) is 3.68. The third-order valence-corrected chi connectivity index (χ3v) is 4.94. The molecule has 1 fully saturated rings. The molecular weight excluding hydrogens is 427 g/mol. The molecule has 0 unspecified atom stereocenters. The maximum Gasteiger partial charge on any atom is 0.191 e. The number of aromatic nitrogens is 3. The number of guanidine groups is 1. The molecule has 2 rings (SSSR count). The summed E-state index contributed by atoms with van der Waals surface area (Å²) in [7, 11) is 1.99. The van der Waals surface area contributed by atoms with Crippen LogP contribution in [-0.2, 0) is 13.6 Å². The van der Waals surface area contributed by atoms with Crippen molar-refractivity contribution in [1.82, 2.24) is 25.4 Å². The summed E-state index contributed by atoms with van der Waals surface area (Å²) in [4.78, 5) is 4.68. The van der Waals surface area contributed by atoms with E-state index in [1.165, 1.54) is 44.9 Å². The molecule has 1 aromatic rings. The molecule has 1 aliphatic rings. The summed E-state index contributed by atoms with van der Waals surface area (Å²) in [6.45, 7) is 6.67. The molecule has 1 saturated carbocycles. The van der Waals surface area contributed by atoms with Gasteiger partial charge in [0, 0.05) is 20.1 Å². The lowest BCUT2D eigenvalue weighted by molar-refractivity contribution is 0.481. The van der Waals surface area contributed by atoms with Crippen LogP contribution in [-0.4, -0.2) is 33.8 Å². The van der Waals surface area contributed by atoms with Gasteiger partial charge >= 0.3 is 0 Å². The number of nitrogens with one attached hydrogen (secondary N) is 2. The van der Waals surface area contributed by atoms with E-state index in [1.54, 1.807) is 0 Å². The van der Waals surface area contributed by atoms with E-state index in [0.717, 1.165) is 43.0 Å². The topological polar surface area (TPSA) is 67.1 Å². The summed E-state index contributed by atoms with van der Waals surface area (Å²) >= 11 is 0. The average Bonchev–Trinajstić information content (AvgIpc) is 3.20. The molecule has 25 heavy (non-hydrogen) atoms. The second-order valence-corrected chi connectivity index (χ2v) is 6.89. The maximum absolute atomic E-state index is 4.68. The lowest BCUT2D eigenvalue weighted by atomic mass is 10.0. The van der Waals surface area contributed by atoms with Gasteiger partial charge in [0.1, 0.15) is 12.4 Å². The molecule has 0 radical (unpaired) electrons. The maximum atomic E-state index is 4.68. The van der Waals surface area contributed by atoms with Crippen LogP contribution in [0.5, 0.6) is 0 Å². The van der Waals surface area contributed by atoms with Gasteiger partial charge in [-0.1, -0.05) is 39.0 Å². The Bertz CT molecular complexity index is 508. The van der Waals surface area contributed by atoms with Gasteiger partial charge in [0.15, 0.2) is 11.8 Å². The van der Waals surface area contributed by atoms with Gasteiger partial charge in [-0.15, -0.1) is 34.2 Å². The van der Waals surface area contributed by atoms with Crippen LogP contribution in [0.2, 0.25) is 0 Å². The fraction of sp³-hybridized carbons (Fsp3) is 0.833. The SMILES string of the molecule is CCCCNC(=NCc1nnc(C)n1C)NCCCC1CCCC1.I. The highest BCUT2D eigenvalue weighted by Crippen LogP contribution is 2.28. The molecule has 144 valence electrons. The Labute approximate surface area is 169 Å². The van der Waals surface area contributed by atoms with Crippen LogP contribution in [0.15, 0.2) is 4.99 Å². The van der Waals surface area contributed by atoms with E-state index < -0.39 is 0 Å². The van der Waals surface area contributed by atoms with Crippen molar-refractivity contribution in [1.29, 1.82) is 0 Å². The second-order valence-electron chi connectivity index (χ2n) is 6.89. The van der Waals surface area contributed by atoms with Crippen molar-refractivity contribution in [3.05, 3.63) is 11.6 Å². The highest BCUT2D eigenvalue weighted by atomic mass is 127. The van der Waals surface area contributed by atoms with E-state index in [4.69, 9.17) is 0 Å². The van der Waals surface area contributed by atoms with E-state index >= 15 is 0 Å². The minimum absolute atomic E-state index is 0. The summed E-state index contributed by atoms with van der Waals surface area (Å²) in [6.07, 6.45) is 10.6. The molecule has 1 heterocycles. The monoisotopic (exact) mass is 462 g/mol. The number of aryl methyl sites for hydroxylation is 1. The van der Waals surface area contributed by atoms with E-state index in [-0.39, 0.29) is 24.0 Å². The highest BCUT2D eigenvalue weighted by molar-refractivity contribution is 14.0. The number of nitrogens with zero attached hydrogens (tertiary/aromatic N) is 4. The Kier molecular flexibility index (Phi) is 11.1. The lowest BCUT2D eigenvalue weighted by Crippen LogP contribution is -2.38. The normalized spacial score (nSPS) is 15.2. The molecule has 1 aromatic heterocycles. The zero-order valence-electron chi connectivity index (χ0n) is 16.1. The second kappa shape index (κ2) is 12.5. The molecular formula is C18H35IN6. The molecule has 0 atom stereocenters. The van der Waals surface area contributed by atoms with Crippen LogP contribution in [0, 0.1) is 12.8 Å². The van der Waals surface area contributed by atoms with Gasteiger partial charge in [0.2, 0.25) is 0 Å². The third-order valence-electron chi connectivity index (χ3n) is 4.94. The summed E-state index contributed by atoms with van der Waals surface area (Å²) in [6, 6.07) is 0. The van der Waals surface area contributed by atoms with E-state index in [2.05, 4.69) is 32.7 Å². The molecule has 0 bridgehead atoms. The fourth-order valence-electron chi connectivity index (χ4n) is 3.19. The number of unbranched alkanes of at least 4 members (excludes halogenated alkanes) is 1. The number of hydrogen-bond donors (Lipinski definition) is 2. The minimum atomic E-state index is 0. The number of aliphatic imine (C=N–C) groups is 1. The van der Waals surface area contributed by atoms with Crippen molar-refractivity contribution in [2.24, 2.45) is 18.0 Å². The van der Waals surface area contributed by atoms with Crippen LogP contribution in [0.4, 0.5) is 0 Å². The highest BCUT2D eigenvalue weighted by Gasteiger charge is 2.14. The average molecular weight is 462 g/mol. The molecule has 2 N–H and O–H groups in total. The van der Waals surface area contributed by atoms with Crippen LogP contribution >= 0.6 is 24.0 Å². The quantitative estimate of drug-likeness (QED) is 0.255. The first kappa shape index (κ1) is 22.2. The van der Waals surface area contributed by atoms with Crippen molar-refractivity contribution in [2.45, 2.75) is 71.8 Å². The van der Waals surface area contributed by atoms with Crippen molar-refractivity contribution in [2.75, 3.05) is 13.1 Å². The van der Waals surface area contributed by atoms with Crippen LogP contribution < -0.4 is 10.6 Å². The number of halogens is 1. The standard InChI is InChI=1S/C18H34N6.HI/c1-4-5-12-19-18(20-13-8-11-16-9-6-7-10-16)21-14-17-23-22-15(2)24(17)3;/h16H,4-14H2,1-3H3,(H2,19,20,21);1H. The van der Waals surface area contributed by atoms with E-state index in [9.17, 15) is 0 Å². The minimum Gasteiger partial charge on any atom is -0.356 e. The lowest BCUT2D eigenvalue weighted by Gasteiger charge is -2.13. The van der Waals surface area contributed by atoms with Gasteiger partial charge in [0.05, 0.1) is 0 Å². The smallest absolute Gasteiger partial charge is 0.191 e. The van der Waals surface area contributed by atoms with Crippen molar-refractivity contribution < 1.29 is 0 Å². The Hall–Kier alpha value is -0.860. The summed E-state index contributed by atoms with van der Waals surface area (Å²) < 4.78 is 1.99. The predicted molar refractivity (Wildman–Crippen MR) is 114 cm³/mol. The van der Waals surface area contributed by atoms with Crippen molar-refractivity contribution >= 4 is 29.9 Å². The summed E-state index contributed by atoms with van der Waals surface area (Å²) in [5, 5.41) is 15.2. The molecule has 1 aliphatic carbocycles. The predicted octanol–water partition coefficient (Wildman–Crippen LogP) is 3.55. The third kappa shape index (κ3) is 7.92. The molecule has 0 saturated heterocycles. The van der Waals surface area contributed by atoms with Gasteiger partial charge in [0.25, 0.3) is 0 Å².